The molecule has 1 aromatic rings. The van der Waals surface area contributed by atoms with Crippen molar-refractivity contribution in [2.45, 2.75) is 11.8 Å². The summed E-state index contributed by atoms with van der Waals surface area (Å²) in [6.45, 7) is 2.59. The van der Waals surface area contributed by atoms with E-state index in [-0.39, 0.29) is 11.7 Å². The average Bonchev–Trinajstić information content (AvgIpc) is 2.24. The number of anilines is 1. The van der Waals surface area contributed by atoms with Gasteiger partial charge in [-0.3, -0.25) is 0 Å². The summed E-state index contributed by atoms with van der Waals surface area (Å²) in [5, 5.41) is 3.57. The Morgan fingerprint density at radius 3 is 2.93 bits per heavy atom. The van der Waals surface area contributed by atoms with Gasteiger partial charge in [0.05, 0.1) is 16.3 Å². The third-order valence-electron chi connectivity index (χ3n) is 2.42. The maximum atomic E-state index is 12.0. The Morgan fingerprint density at radius 2 is 2.20 bits per heavy atom. The molecule has 0 radical (unpaired) electrons. The molecule has 0 aromatic heterocycles. The van der Waals surface area contributed by atoms with E-state index >= 15 is 0 Å². The summed E-state index contributed by atoms with van der Waals surface area (Å²) in [7, 11) is -3.20. The zero-order valence-corrected chi connectivity index (χ0v) is 9.90. The molecule has 0 bridgehead atoms. The predicted octanol–water partition coefficient (Wildman–Crippen LogP) is 2.18. The highest BCUT2D eigenvalue weighted by molar-refractivity contribution is 7.91. The molecule has 1 unspecified atom stereocenters. The number of fused-ring (bicyclic) bond motifs is 1. The number of nitrogens with one attached hydrogen (secondary N) is 1. The lowest BCUT2D eigenvalue weighted by atomic mass is 10.2. The van der Waals surface area contributed by atoms with E-state index in [2.05, 4.69) is 5.32 Å². The van der Waals surface area contributed by atoms with Crippen LogP contribution >= 0.6 is 11.6 Å². The molecule has 82 valence electrons. The van der Waals surface area contributed by atoms with Crippen LogP contribution in [0.4, 0.5) is 5.69 Å². The fraction of sp³-hybridized carbons (Fsp3) is 0.400. The SMILES string of the molecule is CC1CNc2ccc(Cl)cc2S(=O)(=O)C1. The molecule has 5 heteroatoms. The van der Waals surface area contributed by atoms with Crippen LogP contribution in [-0.2, 0) is 9.84 Å². The normalized spacial score (nSPS) is 23.7. The third kappa shape index (κ3) is 2.11. The minimum Gasteiger partial charge on any atom is -0.384 e. The third-order valence-corrected chi connectivity index (χ3v) is 4.67. The molecule has 0 aliphatic carbocycles. The highest BCUT2D eigenvalue weighted by Gasteiger charge is 2.25. The largest absolute Gasteiger partial charge is 0.384 e. The number of benzene rings is 1. The van der Waals surface area contributed by atoms with E-state index in [1.165, 1.54) is 6.07 Å². The second kappa shape index (κ2) is 3.68. The quantitative estimate of drug-likeness (QED) is 0.762. The first kappa shape index (κ1) is 10.8. The van der Waals surface area contributed by atoms with E-state index in [9.17, 15) is 8.42 Å². The highest BCUT2D eigenvalue weighted by Crippen LogP contribution is 2.29. The first-order chi connectivity index (χ1) is 6.99. The van der Waals surface area contributed by atoms with Crippen molar-refractivity contribution in [2.75, 3.05) is 17.6 Å². The van der Waals surface area contributed by atoms with Crippen LogP contribution in [0.15, 0.2) is 23.1 Å². The summed E-state index contributed by atoms with van der Waals surface area (Å²) in [5.41, 5.74) is 0.656. The Bertz CT molecular complexity index is 484. The van der Waals surface area contributed by atoms with Crippen molar-refractivity contribution in [2.24, 2.45) is 5.92 Å². The summed E-state index contributed by atoms with van der Waals surface area (Å²) in [4.78, 5) is 0.319. The van der Waals surface area contributed by atoms with Crippen molar-refractivity contribution >= 4 is 27.1 Å². The number of hydrogen-bond acceptors (Lipinski definition) is 3. The number of sulfone groups is 1. The van der Waals surface area contributed by atoms with Gasteiger partial charge in [0.25, 0.3) is 0 Å². The first-order valence-electron chi connectivity index (χ1n) is 4.75. The number of halogens is 1. The minimum atomic E-state index is -3.20. The molecule has 1 heterocycles. The fourth-order valence-electron chi connectivity index (χ4n) is 1.71. The smallest absolute Gasteiger partial charge is 0.180 e. The van der Waals surface area contributed by atoms with E-state index in [1.54, 1.807) is 12.1 Å². The summed E-state index contributed by atoms with van der Waals surface area (Å²) >= 11 is 5.80. The van der Waals surface area contributed by atoms with Crippen LogP contribution in [-0.4, -0.2) is 20.7 Å². The van der Waals surface area contributed by atoms with Crippen LogP contribution < -0.4 is 5.32 Å². The lowest BCUT2D eigenvalue weighted by molar-refractivity contribution is 0.582. The van der Waals surface area contributed by atoms with E-state index in [0.29, 0.717) is 22.2 Å². The standard InChI is InChI=1S/C10H12ClNO2S/c1-7-5-12-9-3-2-8(11)4-10(9)15(13,14)6-7/h2-4,7,12H,5-6H2,1H3. The van der Waals surface area contributed by atoms with Gasteiger partial charge in [-0.25, -0.2) is 8.42 Å². The molecule has 2 rings (SSSR count). The molecule has 15 heavy (non-hydrogen) atoms. The van der Waals surface area contributed by atoms with Crippen molar-refractivity contribution in [1.82, 2.24) is 0 Å². The maximum absolute atomic E-state index is 12.0. The van der Waals surface area contributed by atoms with Crippen molar-refractivity contribution in [3.8, 4) is 0 Å². The lowest BCUT2D eigenvalue weighted by Crippen LogP contribution is -2.15. The zero-order chi connectivity index (χ0) is 11.1. The van der Waals surface area contributed by atoms with Gasteiger partial charge >= 0.3 is 0 Å². The average molecular weight is 246 g/mol. The Hall–Kier alpha value is -0.740. The lowest BCUT2D eigenvalue weighted by Gasteiger charge is -2.06. The zero-order valence-electron chi connectivity index (χ0n) is 8.33. The van der Waals surface area contributed by atoms with Gasteiger partial charge < -0.3 is 5.32 Å². The van der Waals surface area contributed by atoms with Gasteiger partial charge in [0.2, 0.25) is 0 Å². The van der Waals surface area contributed by atoms with Gasteiger partial charge in [-0.1, -0.05) is 18.5 Å². The molecule has 0 saturated carbocycles. The van der Waals surface area contributed by atoms with Crippen molar-refractivity contribution in [3.05, 3.63) is 23.2 Å². The molecule has 1 atom stereocenters. The monoisotopic (exact) mass is 245 g/mol. The topological polar surface area (TPSA) is 46.2 Å². The highest BCUT2D eigenvalue weighted by atomic mass is 35.5. The van der Waals surface area contributed by atoms with E-state index in [0.717, 1.165) is 0 Å². The van der Waals surface area contributed by atoms with Crippen molar-refractivity contribution in [3.63, 3.8) is 0 Å². The summed E-state index contributed by atoms with van der Waals surface area (Å²) in [6, 6.07) is 4.92. The molecular weight excluding hydrogens is 234 g/mol. The number of rotatable bonds is 0. The van der Waals surface area contributed by atoms with Crippen LogP contribution in [0.25, 0.3) is 0 Å². The summed E-state index contributed by atoms with van der Waals surface area (Å²) in [5.74, 6) is 0.286. The Balaban J connectivity index is 2.60. The molecule has 0 spiro atoms. The van der Waals surface area contributed by atoms with Gasteiger partial charge in [0.15, 0.2) is 9.84 Å². The second-order valence-electron chi connectivity index (χ2n) is 3.91. The molecule has 0 saturated heterocycles. The molecule has 0 amide bonds. The van der Waals surface area contributed by atoms with Crippen LogP contribution in [0, 0.1) is 5.92 Å². The predicted molar refractivity (Wildman–Crippen MR) is 61.2 cm³/mol. The summed E-state index contributed by atoms with van der Waals surface area (Å²) in [6.07, 6.45) is 0. The van der Waals surface area contributed by atoms with E-state index in [1.807, 2.05) is 6.92 Å². The van der Waals surface area contributed by atoms with Gasteiger partial charge in [0, 0.05) is 11.6 Å². The fourth-order valence-corrected chi connectivity index (χ4v) is 3.77. The molecule has 1 aromatic carbocycles. The Labute approximate surface area is 94.4 Å². The summed E-state index contributed by atoms with van der Waals surface area (Å²) < 4.78 is 23.9. The van der Waals surface area contributed by atoms with E-state index in [4.69, 9.17) is 11.6 Å². The Kier molecular flexibility index (Phi) is 2.64. The molecular formula is C10H12ClNO2S. The number of hydrogen-bond donors (Lipinski definition) is 1. The second-order valence-corrected chi connectivity index (χ2v) is 6.35. The minimum absolute atomic E-state index is 0.112. The van der Waals surface area contributed by atoms with Gasteiger partial charge in [-0.05, 0) is 24.1 Å². The Morgan fingerprint density at radius 1 is 1.47 bits per heavy atom. The van der Waals surface area contributed by atoms with E-state index < -0.39 is 9.84 Å². The van der Waals surface area contributed by atoms with Crippen LogP contribution in [0.1, 0.15) is 6.92 Å². The van der Waals surface area contributed by atoms with Crippen molar-refractivity contribution < 1.29 is 8.42 Å². The van der Waals surface area contributed by atoms with Crippen molar-refractivity contribution in [1.29, 1.82) is 0 Å². The molecule has 1 N–H and O–H groups in total. The van der Waals surface area contributed by atoms with Gasteiger partial charge in [-0.15, -0.1) is 0 Å². The molecule has 1 aliphatic heterocycles. The maximum Gasteiger partial charge on any atom is 0.180 e. The molecule has 0 fully saturated rings. The van der Waals surface area contributed by atoms with Crippen LogP contribution in [0.3, 0.4) is 0 Å². The first-order valence-corrected chi connectivity index (χ1v) is 6.78. The van der Waals surface area contributed by atoms with Gasteiger partial charge in [0.1, 0.15) is 0 Å². The molecule has 1 aliphatic rings. The van der Waals surface area contributed by atoms with Gasteiger partial charge in [-0.2, -0.15) is 0 Å². The van der Waals surface area contributed by atoms with Crippen LogP contribution in [0.5, 0.6) is 0 Å². The van der Waals surface area contributed by atoms with Crippen LogP contribution in [0.2, 0.25) is 5.02 Å². The molecule has 3 nitrogen and oxygen atoms in total.